The van der Waals surface area contributed by atoms with Gasteiger partial charge in [0.15, 0.2) is 0 Å². The highest BCUT2D eigenvalue weighted by Gasteiger charge is 2.08. The molecule has 19 heavy (non-hydrogen) atoms. The zero-order valence-corrected chi connectivity index (χ0v) is 12.8. The Morgan fingerprint density at radius 2 is 1.84 bits per heavy atom. The molecule has 0 bridgehead atoms. The normalized spacial score (nSPS) is 11.4. The van der Waals surface area contributed by atoms with E-state index >= 15 is 0 Å². The summed E-state index contributed by atoms with van der Waals surface area (Å²) in [6, 6.07) is 5.71. The maximum Gasteiger partial charge on any atom is 0.336 e. The van der Waals surface area contributed by atoms with E-state index in [0.717, 1.165) is 28.0 Å². The van der Waals surface area contributed by atoms with Crippen molar-refractivity contribution in [2.24, 2.45) is 5.92 Å². The van der Waals surface area contributed by atoms with E-state index in [4.69, 9.17) is 4.42 Å². The topological polar surface area (TPSA) is 30.2 Å². The Labute approximate surface area is 118 Å². The van der Waals surface area contributed by atoms with Crippen molar-refractivity contribution in [2.45, 2.75) is 33.4 Å². The average Bonchev–Trinajstić information content (AvgIpc) is 2.31. The minimum Gasteiger partial charge on any atom is -0.423 e. The molecule has 0 unspecified atom stereocenters. The third kappa shape index (κ3) is 3.41. The first-order chi connectivity index (χ1) is 8.97. The number of thioether (sulfide) groups is 1. The average molecular weight is 276 g/mol. The standard InChI is InChI=1S/C16H20O2S/c1-10(2)8-19-9-13-7-16(17)18-15-6-12(4)11(3)5-14(13)15/h5-7,10H,8-9H2,1-4H3. The fraction of sp³-hybridized carbons (Fsp3) is 0.438. The summed E-state index contributed by atoms with van der Waals surface area (Å²) in [6.45, 7) is 8.54. The summed E-state index contributed by atoms with van der Waals surface area (Å²) in [5, 5.41) is 1.07. The van der Waals surface area contributed by atoms with E-state index in [-0.39, 0.29) is 5.63 Å². The number of aryl methyl sites for hydroxylation is 2. The second-order valence-electron chi connectivity index (χ2n) is 5.43. The third-order valence-electron chi connectivity index (χ3n) is 3.15. The summed E-state index contributed by atoms with van der Waals surface area (Å²) in [6.07, 6.45) is 0. The predicted molar refractivity (Wildman–Crippen MR) is 83.0 cm³/mol. The second-order valence-corrected chi connectivity index (χ2v) is 6.46. The van der Waals surface area contributed by atoms with Gasteiger partial charge in [0.05, 0.1) is 0 Å². The lowest BCUT2D eigenvalue weighted by molar-refractivity contribution is 0.559. The minimum absolute atomic E-state index is 0.254. The van der Waals surface area contributed by atoms with Crippen molar-refractivity contribution in [3.8, 4) is 0 Å². The fourth-order valence-electron chi connectivity index (χ4n) is 2.01. The molecule has 0 aliphatic rings. The van der Waals surface area contributed by atoms with E-state index in [1.165, 1.54) is 5.56 Å². The van der Waals surface area contributed by atoms with Gasteiger partial charge in [-0.25, -0.2) is 4.79 Å². The van der Waals surface area contributed by atoms with E-state index in [2.05, 4.69) is 26.8 Å². The first kappa shape index (κ1) is 14.2. The molecule has 102 valence electrons. The highest BCUT2D eigenvalue weighted by molar-refractivity contribution is 7.98. The van der Waals surface area contributed by atoms with Gasteiger partial charge in [-0.05, 0) is 54.3 Å². The van der Waals surface area contributed by atoms with E-state index in [1.54, 1.807) is 6.07 Å². The van der Waals surface area contributed by atoms with Crippen molar-refractivity contribution in [3.63, 3.8) is 0 Å². The number of fused-ring (bicyclic) bond motifs is 1. The molecule has 0 atom stereocenters. The van der Waals surface area contributed by atoms with Crippen molar-refractivity contribution < 1.29 is 4.42 Å². The highest BCUT2D eigenvalue weighted by Crippen LogP contribution is 2.25. The van der Waals surface area contributed by atoms with Crippen LogP contribution < -0.4 is 5.63 Å². The van der Waals surface area contributed by atoms with Crippen molar-refractivity contribution in [3.05, 3.63) is 45.3 Å². The van der Waals surface area contributed by atoms with E-state index in [1.807, 2.05) is 24.8 Å². The zero-order valence-electron chi connectivity index (χ0n) is 11.9. The molecule has 3 heteroatoms. The molecule has 0 N–H and O–H groups in total. The Hall–Kier alpha value is -1.22. The largest absolute Gasteiger partial charge is 0.423 e. The van der Waals surface area contributed by atoms with Gasteiger partial charge in [0.1, 0.15) is 5.58 Å². The van der Waals surface area contributed by atoms with Crippen molar-refractivity contribution >= 4 is 22.7 Å². The van der Waals surface area contributed by atoms with Crippen LogP contribution in [-0.4, -0.2) is 5.75 Å². The molecule has 0 fully saturated rings. The molecule has 1 aromatic carbocycles. The monoisotopic (exact) mass is 276 g/mol. The van der Waals surface area contributed by atoms with Crippen LogP contribution in [0.3, 0.4) is 0 Å². The third-order valence-corrected chi connectivity index (χ3v) is 4.57. The molecule has 0 amide bonds. The van der Waals surface area contributed by atoms with Crippen LogP contribution >= 0.6 is 11.8 Å². The molecule has 2 aromatic rings. The molecule has 0 aliphatic carbocycles. The van der Waals surface area contributed by atoms with Gasteiger partial charge in [-0.1, -0.05) is 13.8 Å². The van der Waals surface area contributed by atoms with Crippen molar-refractivity contribution in [1.82, 2.24) is 0 Å². The number of hydrogen-bond donors (Lipinski definition) is 0. The summed E-state index contributed by atoms with van der Waals surface area (Å²) in [5.41, 5.74) is 3.92. The molecular weight excluding hydrogens is 256 g/mol. The van der Waals surface area contributed by atoms with E-state index in [0.29, 0.717) is 11.5 Å². The van der Waals surface area contributed by atoms with Crippen LogP contribution in [0.4, 0.5) is 0 Å². The van der Waals surface area contributed by atoms with Crippen LogP contribution in [0.25, 0.3) is 11.0 Å². The maximum atomic E-state index is 11.6. The van der Waals surface area contributed by atoms with Gasteiger partial charge < -0.3 is 4.42 Å². The minimum atomic E-state index is -0.254. The van der Waals surface area contributed by atoms with Gasteiger partial charge in [0.2, 0.25) is 0 Å². The lowest BCUT2D eigenvalue weighted by Gasteiger charge is -2.09. The summed E-state index contributed by atoms with van der Waals surface area (Å²) >= 11 is 1.87. The van der Waals surface area contributed by atoms with Crippen molar-refractivity contribution in [2.75, 3.05) is 5.75 Å². The lowest BCUT2D eigenvalue weighted by Crippen LogP contribution is -2.01. The maximum absolute atomic E-state index is 11.6. The Bertz CT molecular complexity index is 641. The van der Waals surface area contributed by atoms with E-state index < -0.39 is 0 Å². The Balaban J connectivity index is 2.41. The fourth-order valence-corrected chi connectivity index (χ4v) is 3.05. The lowest BCUT2D eigenvalue weighted by atomic mass is 10.0. The van der Waals surface area contributed by atoms with Crippen LogP contribution in [0.2, 0.25) is 0 Å². The molecule has 1 aromatic heterocycles. The van der Waals surface area contributed by atoms with Crippen LogP contribution in [0, 0.1) is 19.8 Å². The zero-order chi connectivity index (χ0) is 14.0. The van der Waals surface area contributed by atoms with Crippen LogP contribution in [0.15, 0.2) is 27.4 Å². The van der Waals surface area contributed by atoms with Crippen LogP contribution in [0.1, 0.15) is 30.5 Å². The van der Waals surface area contributed by atoms with Gasteiger partial charge in [-0.15, -0.1) is 0 Å². The van der Waals surface area contributed by atoms with Gasteiger partial charge in [-0.3, -0.25) is 0 Å². The number of rotatable bonds is 4. The second kappa shape index (κ2) is 5.83. The molecule has 0 radical (unpaired) electrons. The van der Waals surface area contributed by atoms with Gasteiger partial charge in [0, 0.05) is 17.2 Å². The van der Waals surface area contributed by atoms with E-state index in [9.17, 15) is 4.79 Å². The van der Waals surface area contributed by atoms with Crippen LogP contribution in [-0.2, 0) is 5.75 Å². The molecule has 2 rings (SSSR count). The first-order valence-electron chi connectivity index (χ1n) is 6.59. The smallest absolute Gasteiger partial charge is 0.336 e. The van der Waals surface area contributed by atoms with Crippen LogP contribution in [0.5, 0.6) is 0 Å². The molecule has 0 saturated carbocycles. The molecule has 0 spiro atoms. The summed E-state index contributed by atoms with van der Waals surface area (Å²) in [4.78, 5) is 11.6. The first-order valence-corrected chi connectivity index (χ1v) is 7.74. The Morgan fingerprint density at radius 1 is 1.16 bits per heavy atom. The van der Waals surface area contributed by atoms with Crippen molar-refractivity contribution in [1.29, 1.82) is 0 Å². The highest BCUT2D eigenvalue weighted by atomic mass is 32.2. The summed E-state index contributed by atoms with van der Waals surface area (Å²) in [5.74, 6) is 2.63. The predicted octanol–water partition coefficient (Wildman–Crippen LogP) is 4.30. The molecule has 1 heterocycles. The summed E-state index contributed by atoms with van der Waals surface area (Å²) < 4.78 is 5.30. The molecule has 2 nitrogen and oxygen atoms in total. The van der Waals surface area contributed by atoms with Gasteiger partial charge >= 0.3 is 5.63 Å². The van der Waals surface area contributed by atoms with Gasteiger partial charge in [-0.2, -0.15) is 11.8 Å². The number of hydrogen-bond acceptors (Lipinski definition) is 3. The molecule has 0 saturated heterocycles. The van der Waals surface area contributed by atoms with Gasteiger partial charge in [0.25, 0.3) is 0 Å². The quantitative estimate of drug-likeness (QED) is 0.780. The SMILES string of the molecule is Cc1cc2oc(=O)cc(CSCC(C)C)c2cc1C. The molecule has 0 aliphatic heterocycles. The summed E-state index contributed by atoms with van der Waals surface area (Å²) in [7, 11) is 0. The molecular formula is C16H20O2S. The Kier molecular flexibility index (Phi) is 4.35. The number of benzene rings is 1. The Morgan fingerprint density at radius 3 is 2.53 bits per heavy atom.